The van der Waals surface area contributed by atoms with E-state index in [1.165, 1.54) is 27.9 Å². The number of hydrogen-bond acceptors (Lipinski definition) is 6. The van der Waals surface area contributed by atoms with Gasteiger partial charge in [-0.15, -0.1) is 0 Å². The Morgan fingerprint density at radius 2 is 1.57 bits per heavy atom. The van der Waals surface area contributed by atoms with Gasteiger partial charge in [0.15, 0.2) is 0 Å². The number of nitrogens with one attached hydrogen (secondary N) is 2. The van der Waals surface area contributed by atoms with Gasteiger partial charge in [-0.25, -0.2) is 13.8 Å². The first-order chi connectivity index (χ1) is 20.4. The van der Waals surface area contributed by atoms with Crippen molar-refractivity contribution in [2.24, 2.45) is 16.8 Å². The van der Waals surface area contributed by atoms with Crippen LogP contribution in [0.15, 0.2) is 53.5 Å². The molecule has 1 aliphatic rings. The minimum absolute atomic E-state index is 0.254. The van der Waals surface area contributed by atoms with Crippen molar-refractivity contribution in [1.29, 1.82) is 0 Å². The summed E-state index contributed by atoms with van der Waals surface area (Å²) in [6, 6.07) is 13.6. The number of para-hydroxylation sites is 1. The van der Waals surface area contributed by atoms with Gasteiger partial charge in [0.25, 0.3) is 5.91 Å². The Morgan fingerprint density at radius 1 is 0.932 bits per heavy atom. The number of esters is 1. The van der Waals surface area contributed by atoms with Crippen molar-refractivity contribution in [3.05, 3.63) is 59.7 Å². The van der Waals surface area contributed by atoms with Crippen molar-refractivity contribution >= 4 is 29.2 Å². The van der Waals surface area contributed by atoms with Gasteiger partial charge < -0.3 is 20.1 Å². The number of carbonyl (C=O) groups is 3. The van der Waals surface area contributed by atoms with Crippen molar-refractivity contribution in [2.45, 2.75) is 77.2 Å². The van der Waals surface area contributed by atoms with Crippen LogP contribution in [0, 0.1) is 11.8 Å². The highest BCUT2D eigenvalue weighted by molar-refractivity contribution is 6.20. The van der Waals surface area contributed by atoms with Gasteiger partial charge in [0, 0.05) is 24.0 Å². The maximum atomic E-state index is 13.9. The van der Waals surface area contributed by atoms with Gasteiger partial charge in [0.1, 0.15) is 11.4 Å². The Hall–Kier alpha value is -4.03. The molecule has 240 valence electrons. The number of amides is 2. The molecule has 3 rings (SSSR count). The molecule has 2 aromatic carbocycles. The Bertz CT molecular complexity index is 1370. The molecule has 1 aliphatic heterocycles. The van der Waals surface area contributed by atoms with Crippen LogP contribution in [0.25, 0.3) is 0 Å². The second-order valence-corrected chi connectivity index (χ2v) is 11.6. The number of benzene rings is 2. The first kappa shape index (κ1) is 34.5. The third-order valence-electron chi connectivity index (χ3n) is 6.75. The average Bonchev–Trinajstić information content (AvgIpc) is 3.04. The van der Waals surface area contributed by atoms with Crippen molar-refractivity contribution in [3.63, 3.8) is 0 Å². The normalized spacial score (nSPS) is 16.9. The molecular formula is C31H36F5N3O5. The number of ether oxygens (including phenoxy) is 2. The zero-order valence-corrected chi connectivity index (χ0v) is 25.1. The summed E-state index contributed by atoms with van der Waals surface area (Å²) >= 11 is 0. The molecule has 0 bridgehead atoms. The van der Waals surface area contributed by atoms with Gasteiger partial charge in [0.2, 0.25) is 18.0 Å². The minimum atomic E-state index is -4.72. The summed E-state index contributed by atoms with van der Waals surface area (Å²) in [6.45, 7) is 5.11. The molecule has 0 unspecified atom stereocenters. The molecule has 0 aliphatic carbocycles. The second-order valence-electron chi connectivity index (χ2n) is 11.6. The maximum absolute atomic E-state index is 13.9. The highest BCUT2D eigenvalue weighted by atomic mass is 19.4. The van der Waals surface area contributed by atoms with Crippen LogP contribution in [-0.4, -0.2) is 54.5 Å². The van der Waals surface area contributed by atoms with Crippen LogP contribution in [0.3, 0.4) is 0 Å². The zero-order valence-electron chi connectivity index (χ0n) is 25.1. The van der Waals surface area contributed by atoms with Crippen molar-refractivity contribution < 1.29 is 45.8 Å². The fourth-order valence-electron chi connectivity index (χ4n) is 4.75. The number of rotatable bonds is 11. The van der Waals surface area contributed by atoms with E-state index >= 15 is 0 Å². The molecule has 2 amide bonds. The molecule has 2 N–H and O–H groups in total. The standard InChI is InChI=1S/C31H36F5N3O5/c1-29(2,3)44-28(42)20(14-16-30(4,32)33)19(15-17-31(34,35)36)26(40)39-25-27(41)38-24-21(12-9-13-22(24)43-5)23(37-25)18-10-7-6-8-11-18/h6-13,19-20,25H,14-17H2,1-5H3,(H,38,41)(H,39,40)/t19-,20+,25-/m1/s1. The van der Waals surface area contributed by atoms with Crippen LogP contribution < -0.4 is 15.4 Å². The molecule has 3 atom stereocenters. The number of carbonyl (C=O) groups excluding carboxylic acids is 3. The number of hydrogen-bond donors (Lipinski definition) is 2. The summed E-state index contributed by atoms with van der Waals surface area (Å²) in [6.07, 6.45) is -10.3. The van der Waals surface area contributed by atoms with Crippen molar-refractivity contribution in [1.82, 2.24) is 5.32 Å². The second kappa shape index (κ2) is 13.7. The number of fused-ring (bicyclic) bond motifs is 1. The molecule has 0 aromatic heterocycles. The lowest BCUT2D eigenvalue weighted by atomic mass is 9.83. The summed E-state index contributed by atoms with van der Waals surface area (Å²) in [5, 5.41) is 5.03. The quantitative estimate of drug-likeness (QED) is 0.226. The third kappa shape index (κ3) is 9.75. The third-order valence-corrected chi connectivity index (χ3v) is 6.75. The Morgan fingerprint density at radius 3 is 2.14 bits per heavy atom. The van der Waals surface area contributed by atoms with Crippen LogP contribution >= 0.6 is 0 Å². The van der Waals surface area contributed by atoms with E-state index in [0.29, 0.717) is 23.8 Å². The Balaban J connectivity index is 2.06. The molecule has 13 heteroatoms. The number of halogens is 5. The number of alkyl halides is 5. The van der Waals surface area contributed by atoms with E-state index in [-0.39, 0.29) is 11.4 Å². The summed E-state index contributed by atoms with van der Waals surface area (Å²) in [7, 11) is 1.40. The molecule has 8 nitrogen and oxygen atoms in total. The van der Waals surface area contributed by atoms with Gasteiger partial charge >= 0.3 is 12.1 Å². The van der Waals surface area contributed by atoms with E-state index in [1.807, 2.05) is 0 Å². The molecular weight excluding hydrogens is 589 g/mol. The summed E-state index contributed by atoms with van der Waals surface area (Å²) < 4.78 is 78.6. The minimum Gasteiger partial charge on any atom is -0.495 e. The largest absolute Gasteiger partial charge is 0.495 e. The molecule has 44 heavy (non-hydrogen) atoms. The average molecular weight is 626 g/mol. The summed E-state index contributed by atoms with van der Waals surface area (Å²) in [4.78, 5) is 44.7. The van der Waals surface area contributed by atoms with Gasteiger partial charge in [-0.05, 0) is 46.6 Å². The highest BCUT2D eigenvalue weighted by Gasteiger charge is 2.42. The predicted molar refractivity (Wildman–Crippen MR) is 154 cm³/mol. The molecule has 0 saturated heterocycles. The maximum Gasteiger partial charge on any atom is 0.389 e. The monoisotopic (exact) mass is 625 g/mol. The van der Waals surface area contributed by atoms with Crippen LogP contribution in [-0.2, 0) is 19.1 Å². The van der Waals surface area contributed by atoms with Gasteiger partial charge in [0.05, 0.1) is 30.3 Å². The number of benzodiazepines with no additional fused rings is 1. The summed E-state index contributed by atoms with van der Waals surface area (Å²) in [5.41, 5.74) is 0.416. The van der Waals surface area contributed by atoms with Crippen molar-refractivity contribution in [2.75, 3.05) is 12.4 Å². The Kier molecular flexibility index (Phi) is 10.8. The highest BCUT2D eigenvalue weighted by Crippen LogP contribution is 2.35. The van der Waals surface area contributed by atoms with E-state index in [2.05, 4.69) is 15.6 Å². The lowest BCUT2D eigenvalue weighted by Gasteiger charge is -2.30. The topological polar surface area (TPSA) is 106 Å². The number of aliphatic imine (C=N–C) groups is 1. The fraction of sp³-hybridized carbons (Fsp3) is 0.484. The van der Waals surface area contributed by atoms with Crippen molar-refractivity contribution in [3.8, 4) is 5.75 Å². The zero-order chi connectivity index (χ0) is 32.9. The molecule has 2 aromatic rings. The lowest BCUT2D eigenvalue weighted by molar-refractivity contribution is -0.167. The first-order valence-corrected chi connectivity index (χ1v) is 14.0. The fourth-order valence-corrected chi connectivity index (χ4v) is 4.75. The molecule has 0 fully saturated rings. The number of anilines is 1. The van der Waals surface area contributed by atoms with E-state index in [9.17, 15) is 36.3 Å². The Labute approximate surface area is 252 Å². The SMILES string of the molecule is COc1cccc2c1NC(=O)[C@@H](NC(=O)[C@H](CCC(F)(F)F)[C@H](CCC(C)(F)F)C(=O)OC(C)(C)C)N=C2c1ccccc1. The smallest absolute Gasteiger partial charge is 0.389 e. The van der Waals surface area contributed by atoms with Gasteiger partial charge in [-0.3, -0.25) is 14.4 Å². The van der Waals surface area contributed by atoms with Crippen LogP contribution in [0.5, 0.6) is 5.75 Å². The summed E-state index contributed by atoms with van der Waals surface area (Å²) in [5.74, 6) is -9.48. The van der Waals surface area contributed by atoms with Crippen LogP contribution in [0.4, 0.5) is 27.6 Å². The molecule has 0 saturated carbocycles. The van der Waals surface area contributed by atoms with Gasteiger partial charge in [-0.1, -0.05) is 42.5 Å². The number of methoxy groups -OCH3 is 1. The van der Waals surface area contributed by atoms with Crippen LogP contribution in [0.2, 0.25) is 0 Å². The van der Waals surface area contributed by atoms with E-state index in [0.717, 1.165) is 0 Å². The molecule has 0 radical (unpaired) electrons. The van der Waals surface area contributed by atoms with Crippen LogP contribution in [0.1, 0.15) is 64.5 Å². The number of nitrogens with zero attached hydrogens (tertiary/aromatic N) is 1. The predicted octanol–water partition coefficient (Wildman–Crippen LogP) is 6.28. The van der Waals surface area contributed by atoms with Gasteiger partial charge in [-0.2, -0.15) is 13.2 Å². The van der Waals surface area contributed by atoms with E-state index < -0.39 is 79.2 Å². The lowest BCUT2D eigenvalue weighted by Crippen LogP contribution is -2.48. The van der Waals surface area contributed by atoms with E-state index in [1.54, 1.807) is 48.5 Å². The first-order valence-electron chi connectivity index (χ1n) is 14.0. The van der Waals surface area contributed by atoms with E-state index in [4.69, 9.17) is 9.47 Å². The molecule has 0 spiro atoms. The molecule has 1 heterocycles.